The van der Waals surface area contributed by atoms with Crippen molar-refractivity contribution in [2.75, 3.05) is 0 Å². The summed E-state index contributed by atoms with van der Waals surface area (Å²) in [6, 6.07) is 29.8. The molecule has 0 aliphatic carbocycles. The third-order valence-electron chi connectivity index (χ3n) is 4.70. The summed E-state index contributed by atoms with van der Waals surface area (Å²) < 4.78 is 4.48. The van der Waals surface area contributed by atoms with E-state index in [2.05, 4.69) is 106 Å². The molecule has 2 nitrogen and oxygen atoms in total. The van der Waals surface area contributed by atoms with Gasteiger partial charge in [-0.15, -0.1) is 0 Å². The van der Waals surface area contributed by atoms with E-state index in [4.69, 9.17) is 0 Å². The highest BCUT2D eigenvalue weighted by atomic mass is 35.5. The van der Waals surface area contributed by atoms with Gasteiger partial charge >= 0.3 is 0 Å². The summed E-state index contributed by atoms with van der Waals surface area (Å²) in [5.74, 6) is 0. The van der Waals surface area contributed by atoms with E-state index in [1.807, 2.05) is 6.07 Å². The van der Waals surface area contributed by atoms with Gasteiger partial charge in [0.2, 0.25) is 5.69 Å². The van der Waals surface area contributed by atoms with Gasteiger partial charge in [0.1, 0.15) is 5.69 Å². The summed E-state index contributed by atoms with van der Waals surface area (Å²) in [6.07, 6.45) is 6.37. The number of fused-ring (bicyclic) bond motifs is 3. The van der Waals surface area contributed by atoms with Crippen LogP contribution in [0.25, 0.3) is 33.2 Å². The molecule has 0 fully saturated rings. The first-order valence-electron chi connectivity index (χ1n) is 8.47. The summed E-state index contributed by atoms with van der Waals surface area (Å²) in [7, 11) is 0. The van der Waals surface area contributed by atoms with E-state index in [0.717, 1.165) is 0 Å². The average molecular weight is 357 g/mol. The van der Waals surface area contributed by atoms with Gasteiger partial charge < -0.3 is 16.8 Å². The maximum Gasteiger partial charge on any atom is 0.237 e. The van der Waals surface area contributed by atoms with Crippen LogP contribution in [0.4, 0.5) is 0 Å². The van der Waals surface area contributed by atoms with Crippen LogP contribution in [0.3, 0.4) is 0 Å². The Bertz CT molecular complexity index is 1180. The van der Waals surface area contributed by atoms with Gasteiger partial charge in [-0.25, -0.2) is 0 Å². The second-order valence-corrected chi connectivity index (χ2v) is 6.19. The molecule has 0 saturated heterocycles. The van der Waals surface area contributed by atoms with Crippen LogP contribution in [0.1, 0.15) is 0 Å². The molecule has 0 atom stereocenters. The first-order valence-corrected chi connectivity index (χ1v) is 8.47. The number of halogens is 1. The predicted molar refractivity (Wildman–Crippen MR) is 102 cm³/mol. The van der Waals surface area contributed by atoms with E-state index in [1.165, 1.54) is 33.2 Å². The monoisotopic (exact) mass is 356 g/mol. The normalized spacial score (nSPS) is 10.8. The lowest BCUT2D eigenvalue weighted by atomic mass is 10.1. The molecular formula is C23H17ClN2. The summed E-state index contributed by atoms with van der Waals surface area (Å²) in [4.78, 5) is 0. The van der Waals surface area contributed by atoms with E-state index in [-0.39, 0.29) is 12.4 Å². The van der Waals surface area contributed by atoms with Crippen molar-refractivity contribution < 1.29 is 17.0 Å². The largest absolute Gasteiger partial charge is 1.00 e. The SMILES string of the molecule is [Cl-].c1ccc(-c2c(-[n+]3ccccc3)cc3c4ccccc4ccn23)cc1. The smallest absolute Gasteiger partial charge is 0.237 e. The number of nitrogens with zero attached hydrogens (tertiary/aromatic N) is 2. The number of aromatic nitrogens is 2. The molecule has 0 N–H and O–H groups in total. The molecule has 0 spiro atoms. The van der Waals surface area contributed by atoms with Crippen molar-refractivity contribution in [3.63, 3.8) is 0 Å². The zero-order chi connectivity index (χ0) is 16.6. The minimum atomic E-state index is 0. The fourth-order valence-electron chi connectivity index (χ4n) is 3.54. The molecule has 0 radical (unpaired) electrons. The lowest BCUT2D eigenvalue weighted by Gasteiger charge is -2.06. The third kappa shape index (κ3) is 2.56. The van der Waals surface area contributed by atoms with Crippen molar-refractivity contribution in [3.8, 4) is 16.9 Å². The van der Waals surface area contributed by atoms with Crippen molar-refractivity contribution in [3.05, 3.63) is 104 Å². The molecule has 5 rings (SSSR count). The number of hydrogen-bond donors (Lipinski definition) is 0. The number of benzene rings is 2. The van der Waals surface area contributed by atoms with Gasteiger partial charge in [-0.1, -0.05) is 60.7 Å². The Balaban J connectivity index is 0.00000168. The first kappa shape index (κ1) is 16.4. The van der Waals surface area contributed by atoms with Crippen molar-refractivity contribution in [2.45, 2.75) is 0 Å². The molecular weight excluding hydrogens is 340 g/mol. The second kappa shape index (κ2) is 6.66. The quantitative estimate of drug-likeness (QED) is 0.428. The zero-order valence-electron chi connectivity index (χ0n) is 14.1. The number of hydrogen-bond acceptors (Lipinski definition) is 0. The van der Waals surface area contributed by atoms with E-state index >= 15 is 0 Å². The van der Waals surface area contributed by atoms with Crippen LogP contribution in [0.5, 0.6) is 0 Å². The minimum absolute atomic E-state index is 0. The zero-order valence-corrected chi connectivity index (χ0v) is 14.8. The summed E-state index contributed by atoms with van der Waals surface area (Å²) >= 11 is 0. The Morgan fingerprint density at radius 2 is 1.38 bits per heavy atom. The standard InChI is InChI=1S/C23H17N2.ClH/c1-3-10-19(11-4-1)23-22(24-14-7-2-8-15-24)17-21-20-12-6-5-9-18(20)13-16-25(21)23;/h1-17H;1H/q+1;/p-1. The number of rotatable bonds is 2. The lowest BCUT2D eigenvalue weighted by Crippen LogP contribution is -3.00. The molecule has 0 bridgehead atoms. The molecule has 3 heterocycles. The van der Waals surface area contributed by atoms with Crippen molar-refractivity contribution >= 4 is 16.3 Å². The van der Waals surface area contributed by atoms with E-state index in [1.54, 1.807) is 0 Å². The highest BCUT2D eigenvalue weighted by Gasteiger charge is 2.20. The summed E-state index contributed by atoms with van der Waals surface area (Å²) in [5.41, 5.74) is 4.83. The average Bonchev–Trinajstić information content (AvgIpc) is 3.09. The summed E-state index contributed by atoms with van der Waals surface area (Å²) in [6.45, 7) is 0. The van der Waals surface area contributed by atoms with Crippen LogP contribution in [0.15, 0.2) is 104 Å². The minimum Gasteiger partial charge on any atom is -1.00 e. The Morgan fingerprint density at radius 1 is 0.692 bits per heavy atom. The summed E-state index contributed by atoms with van der Waals surface area (Å²) in [5, 5.41) is 2.53. The van der Waals surface area contributed by atoms with Gasteiger partial charge in [0.05, 0.1) is 5.52 Å². The molecule has 3 heteroatoms. The molecule has 126 valence electrons. The van der Waals surface area contributed by atoms with Gasteiger partial charge in [-0.05, 0) is 11.5 Å². The molecule has 5 aromatic rings. The van der Waals surface area contributed by atoms with Crippen LogP contribution in [0, 0.1) is 0 Å². The molecule has 0 aliphatic heterocycles. The molecule has 2 aromatic carbocycles. The molecule has 3 aromatic heterocycles. The third-order valence-corrected chi connectivity index (χ3v) is 4.70. The van der Waals surface area contributed by atoms with Gasteiger partial charge in [0.25, 0.3) is 0 Å². The van der Waals surface area contributed by atoms with E-state index in [0.29, 0.717) is 0 Å². The van der Waals surface area contributed by atoms with Crippen molar-refractivity contribution in [1.82, 2.24) is 4.40 Å². The van der Waals surface area contributed by atoms with E-state index in [9.17, 15) is 0 Å². The van der Waals surface area contributed by atoms with Crippen LogP contribution in [-0.4, -0.2) is 4.40 Å². The van der Waals surface area contributed by atoms with Gasteiger partial charge in [-0.2, -0.15) is 4.57 Å². The maximum atomic E-state index is 2.30. The topological polar surface area (TPSA) is 8.29 Å². The maximum absolute atomic E-state index is 2.30. The first-order chi connectivity index (χ1) is 12.4. The Labute approximate surface area is 158 Å². The second-order valence-electron chi connectivity index (χ2n) is 6.19. The molecule has 0 amide bonds. The van der Waals surface area contributed by atoms with Crippen LogP contribution in [-0.2, 0) is 0 Å². The van der Waals surface area contributed by atoms with Crippen LogP contribution in [0.2, 0.25) is 0 Å². The Hall–Kier alpha value is -3.10. The Morgan fingerprint density at radius 3 is 2.19 bits per heavy atom. The van der Waals surface area contributed by atoms with Gasteiger partial charge in [0, 0.05) is 35.3 Å². The van der Waals surface area contributed by atoms with Crippen LogP contribution >= 0.6 is 0 Å². The van der Waals surface area contributed by atoms with Crippen molar-refractivity contribution in [1.29, 1.82) is 0 Å². The predicted octanol–water partition coefficient (Wildman–Crippen LogP) is 2.04. The highest BCUT2D eigenvalue weighted by Crippen LogP contribution is 2.31. The van der Waals surface area contributed by atoms with Crippen LogP contribution < -0.4 is 17.0 Å². The highest BCUT2D eigenvalue weighted by molar-refractivity contribution is 5.98. The number of pyridine rings is 2. The molecule has 0 saturated carbocycles. The fourth-order valence-corrected chi connectivity index (χ4v) is 3.54. The molecule has 0 unspecified atom stereocenters. The van der Waals surface area contributed by atoms with Crippen molar-refractivity contribution in [2.24, 2.45) is 0 Å². The van der Waals surface area contributed by atoms with E-state index < -0.39 is 0 Å². The lowest BCUT2D eigenvalue weighted by molar-refractivity contribution is -0.595. The molecule has 26 heavy (non-hydrogen) atoms. The Kier molecular flexibility index (Phi) is 4.19. The fraction of sp³-hybridized carbons (Fsp3) is 0. The van der Waals surface area contributed by atoms with Gasteiger partial charge in [0.15, 0.2) is 12.4 Å². The van der Waals surface area contributed by atoms with Gasteiger partial charge in [-0.3, -0.25) is 0 Å². The molecule has 0 aliphatic rings.